The molecular formula is C34H34N4O6. The monoisotopic (exact) mass is 594 g/mol. The van der Waals surface area contributed by atoms with E-state index in [1.165, 1.54) is 23.1 Å². The van der Waals surface area contributed by atoms with Gasteiger partial charge in [0.05, 0.1) is 4.92 Å². The number of nitrogens with zero attached hydrogens (tertiary/aromatic N) is 2. The van der Waals surface area contributed by atoms with Crippen molar-refractivity contribution >= 4 is 34.2 Å². The zero-order valence-electron chi connectivity index (χ0n) is 24.6. The van der Waals surface area contributed by atoms with Gasteiger partial charge in [-0.3, -0.25) is 24.5 Å². The van der Waals surface area contributed by atoms with E-state index >= 15 is 0 Å². The quantitative estimate of drug-likeness (QED) is 0.218. The highest BCUT2D eigenvalue weighted by molar-refractivity contribution is 5.98. The van der Waals surface area contributed by atoms with E-state index in [1.807, 2.05) is 42.5 Å². The predicted octanol–water partition coefficient (Wildman–Crippen LogP) is 5.39. The number of ether oxygens (including phenoxy) is 1. The Morgan fingerprint density at radius 1 is 1.05 bits per heavy atom. The highest BCUT2D eigenvalue weighted by atomic mass is 16.6. The minimum absolute atomic E-state index is 0.0884. The van der Waals surface area contributed by atoms with Crippen LogP contribution in [0, 0.1) is 16.0 Å². The highest BCUT2D eigenvalue weighted by Crippen LogP contribution is 2.33. The number of benzene rings is 4. The number of rotatable bonds is 7. The van der Waals surface area contributed by atoms with Crippen LogP contribution in [0.25, 0.3) is 10.8 Å². The molecule has 0 saturated carbocycles. The minimum atomic E-state index is -0.922. The number of carbonyl (C=O) groups is 3. The van der Waals surface area contributed by atoms with E-state index < -0.39 is 22.8 Å². The van der Waals surface area contributed by atoms with E-state index in [0.717, 1.165) is 22.8 Å². The van der Waals surface area contributed by atoms with E-state index in [-0.39, 0.29) is 42.4 Å². The van der Waals surface area contributed by atoms with Crippen molar-refractivity contribution in [3.8, 4) is 11.5 Å². The largest absolute Gasteiger partial charge is 0.450 e. The molecule has 2 N–H and O–H groups in total. The second-order valence-corrected chi connectivity index (χ2v) is 11.3. The van der Waals surface area contributed by atoms with Crippen LogP contribution >= 0.6 is 0 Å². The van der Waals surface area contributed by atoms with E-state index in [1.54, 1.807) is 24.3 Å². The molecule has 226 valence electrons. The fourth-order valence-electron chi connectivity index (χ4n) is 5.23. The Balaban J connectivity index is 1.55. The molecule has 4 aromatic carbocycles. The summed E-state index contributed by atoms with van der Waals surface area (Å²) in [5.74, 6) is -0.786. The maximum atomic E-state index is 14.0. The van der Waals surface area contributed by atoms with Crippen molar-refractivity contribution in [2.45, 2.75) is 39.3 Å². The van der Waals surface area contributed by atoms with Gasteiger partial charge in [-0.15, -0.1) is 0 Å². The van der Waals surface area contributed by atoms with Crippen molar-refractivity contribution in [2.75, 3.05) is 13.1 Å². The van der Waals surface area contributed by atoms with Crippen LogP contribution in [0.5, 0.6) is 11.5 Å². The molecule has 1 heterocycles. The number of hydrogen-bond donors (Lipinski definition) is 2. The third-order valence-electron chi connectivity index (χ3n) is 7.50. The molecule has 44 heavy (non-hydrogen) atoms. The normalized spacial score (nSPS) is 15.3. The molecule has 0 fully saturated rings. The summed E-state index contributed by atoms with van der Waals surface area (Å²) < 4.78 is 5.96. The third-order valence-corrected chi connectivity index (χ3v) is 7.50. The molecule has 0 radical (unpaired) electrons. The molecule has 3 amide bonds. The first-order chi connectivity index (χ1) is 21.2. The lowest BCUT2D eigenvalue weighted by Gasteiger charge is -2.26. The Hall–Kier alpha value is -5.25. The van der Waals surface area contributed by atoms with Crippen LogP contribution in [0.15, 0.2) is 84.9 Å². The number of nitro benzene ring substituents is 1. The Kier molecular flexibility index (Phi) is 9.18. The Morgan fingerprint density at radius 3 is 2.61 bits per heavy atom. The van der Waals surface area contributed by atoms with Crippen molar-refractivity contribution in [1.29, 1.82) is 0 Å². The predicted molar refractivity (Wildman–Crippen MR) is 166 cm³/mol. The Bertz CT molecular complexity index is 1710. The van der Waals surface area contributed by atoms with Crippen molar-refractivity contribution in [1.82, 2.24) is 15.5 Å². The number of fused-ring (bicyclic) bond motifs is 5. The van der Waals surface area contributed by atoms with E-state index in [2.05, 4.69) is 24.5 Å². The molecule has 1 aliphatic rings. The molecule has 10 heteroatoms. The van der Waals surface area contributed by atoms with Crippen LogP contribution in [0.1, 0.15) is 41.8 Å². The van der Waals surface area contributed by atoms with Crippen LogP contribution in [0.3, 0.4) is 0 Å². The molecule has 1 atom stereocenters. The highest BCUT2D eigenvalue weighted by Gasteiger charge is 2.27. The lowest BCUT2D eigenvalue weighted by atomic mass is 10.0. The summed E-state index contributed by atoms with van der Waals surface area (Å²) in [4.78, 5) is 53.5. The smallest absolute Gasteiger partial charge is 0.311 e. The van der Waals surface area contributed by atoms with Gasteiger partial charge in [0.1, 0.15) is 18.3 Å². The SMILES string of the molecule is CC(C)CCNC(=O)C1Cc2cccc(c2)Oc2cc(ccc2[N+](=O)[O-])C(=O)N(Cc2cccc3ccccc23)CC(=O)N1. The summed E-state index contributed by atoms with van der Waals surface area (Å²) in [6.45, 7) is 4.32. The van der Waals surface area contributed by atoms with Gasteiger partial charge in [0.25, 0.3) is 5.91 Å². The van der Waals surface area contributed by atoms with Gasteiger partial charge in [-0.25, -0.2) is 0 Å². The number of amides is 3. The van der Waals surface area contributed by atoms with Gasteiger partial charge >= 0.3 is 5.69 Å². The summed E-state index contributed by atoms with van der Waals surface area (Å²) in [6.07, 6.45) is 0.926. The minimum Gasteiger partial charge on any atom is -0.450 e. The topological polar surface area (TPSA) is 131 Å². The van der Waals surface area contributed by atoms with Gasteiger partial charge in [0.15, 0.2) is 0 Å². The fourth-order valence-corrected chi connectivity index (χ4v) is 5.23. The Morgan fingerprint density at radius 2 is 1.82 bits per heavy atom. The van der Waals surface area contributed by atoms with E-state index in [9.17, 15) is 24.5 Å². The maximum Gasteiger partial charge on any atom is 0.311 e. The molecule has 0 saturated heterocycles. The molecule has 0 aliphatic carbocycles. The fraction of sp³-hybridized carbons (Fsp3) is 0.265. The number of hydrogen-bond acceptors (Lipinski definition) is 6. The lowest BCUT2D eigenvalue weighted by molar-refractivity contribution is -0.385. The summed E-state index contributed by atoms with van der Waals surface area (Å²) in [5, 5.41) is 19.5. The molecule has 5 rings (SSSR count). The summed E-state index contributed by atoms with van der Waals surface area (Å²) in [7, 11) is 0. The van der Waals surface area contributed by atoms with Crippen LogP contribution < -0.4 is 15.4 Å². The van der Waals surface area contributed by atoms with E-state index in [4.69, 9.17) is 4.74 Å². The second-order valence-electron chi connectivity index (χ2n) is 11.3. The molecule has 1 unspecified atom stereocenters. The second kappa shape index (κ2) is 13.4. The molecule has 4 bridgehead atoms. The van der Waals surface area contributed by atoms with Crippen LogP contribution in [-0.4, -0.2) is 46.7 Å². The van der Waals surface area contributed by atoms with Crippen molar-refractivity contribution in [3.63, 3.8) is 0 Å². The molecule has 0 spiro atoms. The van der Waals surface area contributed by atoms with Crippen LogP contribution in [-0.2, 0) is 22.6 Å². The van der Waals surface area contributed by atoms with Crippen molar-refractivity contribution < 1.29 is 24.0 Å². The lowest BCUT2D eigenvalue weighted by Crippen LogP contribution is -2.51. The van der Waals surface area contributed by atoms with Gasteiger partial charge in [0.2, 0.25) is 17.6 Å². The van der Waals surface area contributed by atoms with Crippen molar-refractivity contribution in [2.24, 2.45) is 5.92 Å². The number of nitro groups is 1. The van der Waals surface area contributed by atoms with Crippen molar-refractivity contribution in [3.05, 3.63) is 112 Å². The van der Waals surface area contributed by atoms with Gasteiger partial charge in [-0.2, -0.15) is 0 Å². The Labute approximate surface area is 255 Å². The van der Waals surface area contributed by atoms with Crippen LogP contribution in [0.2, 0.25) is 0 Å². The first-order valence-electron chi connectivity index (χ1n) is 14.6. The van der Waals surface area contributed by atoms with Gasteiger partial charge < -0.3 is 20.3 Å². The van der Waals surface area contributed by atoms with E-state index in [0.29, 0.717) is 23.8 Å². The molecule has 0 aromatic heterocycles. The summed E-state index contributed by atoms with van der Waals surface area (Å²) in [6, 6.07) is 23.3. The van der Waals surface area contributed by atoms with Gasteiger partial charge in [-0.05, 0) is 52.4 Å². The zero-order chi connectivity index (χ0) is 31.2. The maximum absolute atomic E-state index is 14.0. The number of nitrogens with one attached hydrogen (secondary N) is 2. The molecule has 4 aromatic rings. The molecule has 1 aliphatic heterocycles. The third kappa shape index (κ3) is 7.20. The van der Waals surface area contributed by atoms with Gasteiger partial charge in [0, 0.05) is 37.2 Å². The molecular weight excluding hydrogens is 560 g/mol. The summed E-state index contributed by atoms with van der Waals surface area (Å²) >= 11 is 0. The number of carbonyl (C=O) groups excluding carboxylic acids is 3. The summed E-state index contributed by atoms with van der Waals surface area (Å²) in [5.41, 5.74) is 1.32. The average molecular weight is 595 g/mol. The standard InChI is InChI=1S/C34H34N4O6/c1-22(2)15-16-35-33(40)29-18-23-7-5-11-27(17-23)44-31-19-25(13-14-30(31)38(42)43)34(41)37(21-32(39)36-29)20-26-10-6-9-24-8-3-4-12-28(24)26/h3-14,17,19,22,29H,15-16,18,20-21H2,1-2H3,(H,35,40)(H,36,39). The first-order valence-corrected chi connectivity index (χ1v) is 14.6. The average Bonchev–Trinajstić information content (AvgIpc) is 2.99. The zero-order valence-corrected chi connectivity index (χ0v) is 24.6. The molecule has 10 nitrogen and oxygen atoms in total. The van der Waals surface area contributed by atoms with Gasteiger partial charge in [-0.1, -0.05) is 68.4 Å². The first kappa shape index (κ1) is 30.2. The van der Waals surface area contributed by atoms with Crippen LogP contribution in [0.4, 0.5) is 5.69 Å².